The summed E-state index contributed by atoms with van der Waals surface area (Å²) in [5.74, 6) is -2.43. The zero-order valence-electron chi connectivity index (χ0n) is 12.3. The molecule has 0 aliphatic carbocycles. The predicted octanol–water partition coefficient (Wildman–Crippen LogP) is 1.48. The standard InChI is InChI=1S/C14H14FN3O5S/c15-13-2-1-9(5-12(13)14(19)20)17-24(21,22)11-6-16-18(7-11)10-3-4-23-8-10/h1-2,5-7,10,17H,3-4,8H2,(H,19,20). The summed E-state index contributed by atoms with van der Waals surface area (Å²) in [6.07, 6.45) is 3.32. The van der Waals surface area contributed by atoms with E-state index in [1.165, 1.54) is 17.1 Å². The lowest BCUT2D eigenvalue weighted by atomic mass is 10.2. The summed E-state index contributed by atoms with van der Waals surface area (Å²) in [4.78, 5) is 10.8. The number of sulfonamides is 1. The summed E-state index contributed by atoms with van der Waals surface area (Å²) in [5.41, 5.74) is -0.667. The number of carboxylic acid groups (broad SMARTS) is 1. The molecule has 3 rings (SSSR count). The first-order valence-corrected chi connectivity index (χ1v) is 8.53. The Labute approximate surface area is 136 Å². The fourth-order valence-electron chi connectivity index (χ4n) is 2.36. The van der Waals surface area contributed by atoms with Gasteiger partial charge in [-0.1, -0.05) is 0 Å². The number of carboxylic acids is 1. The highest BCUT2D eigenvalue weighted by Crippen LogP contribution is 2.22. The van der Waals surface area contributed by atoms with E-state index < -0.39 is 27.4 Å². The van der Waals surface area contributed by atoms with Crippen LogP contribution in [0.1, 0.15) is 22.8 Å². The van der Waals surface area contributed by atoms with Crippen LogP contribution in [-0.2, 0) is 14.8 Å². The Hall–Kier alpha value is -2.46. The molecule has 0 bridgehead atoms. The largest absolute Gasteiger partial charge is 0.478 e. The number of nitrogens with zero attached hydrogens (tertiary/aromatic N) is 2. The van der Waals surface area contributed by atoms with Crippen LogP contribution in [0.5, 0.6) is 0 Å². The molecule has 1 aromatic carbocycles. The summed E-state index contributed by atoms with van der Waals surface area (Å²) in [7, 11) is -3.97. The first kappa shape index (κ1) is 16.4. The average molecular weight is 355 g/mol. The van der Waals surface area contributed by atoms with Gasteiger partial charge in [0, 0.05) is 18.5 Å². The lowest BCUT2D eigenvalue weighted by Gasteiger charge is -2.08. The number of aromatic nitrogens is 2. The van der Waals surface area contributed by atoms with Gasteiger partial charge in [-0.3, -0.25) is 9.40 Å². The van der Waals surface area contributed by atoms with Gasteiger partial charge in [0.2, 0.25) is 0 Å². The normalized spacial score (nSPS) is 17.8. The summed E-state index contributed by atoms with van der Waals surface area (Å²) < 4.78 is 47.1. The third-order valence-electron chi connectivity index (χ3n) is 3.62. The fourth-order valence-corrected chi connectivity index (χ4v) is 3.34. The number of halogens is 1. The predicted molar refractivity (Wildman–Crippen MR) is 80.9 cm³/mol. The quantitative estimate of drug-likeness (QED) is 0.841. The Morgan fingerprint density at radius 1 is 1.46 bits per heavy atom. The number of hydrogen-bond donors (Lipinski definition) is 2. The van der Waals surface area contributed by atoms with Gasteiger partial charge >= 0.3 is 5.97 Å². The fraction of sp³-hybridized carbons (Fsp3) is 0.286. The van der Waals surface area contributed by atoms with Crippen LogP contribution in [0.15, 0.2) is 35.5 Å². The van der Waals surface area contributed by atoms with Crippen molar-refractivity contribution in [3.05, 3.63) is 42.0 Å². The van der Waals surface area contributed by atoms with Crippen LogP contribution in [0.25, 0.3) is 0 Å². The van der Waals surface area contributed by atoms with E-state index in [1.807, 2.05) is 0 Å². The minimum absolute atomic E-state index is 0.0154. The molecular formula is C14H14FN3O5S. The monoisotopic (exact) mass is 355 g/mol. The maximum atomic E-state index is 13.4. The van der Waals surface area contributed by atoms with E-state index in [1.54, 1.807) is 0 Å². The molecule has 0 saturated carbocycles. The van der Waals surface area contributed by atoms with Crippen LogP contribution >= 0.6 is 0 Å². The minimum Gasteiger partial charge on any atom is -0.478 e. The van der Waals surface area contributed by atoms with Crippen molar-refractivity contribution in [2.75, 3.05) is 17.9 Å². The SMILES string of the molecule is O=C(O)c1cc(NS(=O)(=O)c2cnn(C3CCOC3)c2)ccc1F. The van der Waals surface area contributed by atoms with Crippen molar-refractivity contribution in [3.8, 4) is 0 Å². The second-order valence-electron chi connectivity index (χ2n) is 5.28. The van der Waals surface area contributed by atoms with Crippen LogP contribution < -0.4 is 4.72 Å². The molecule has 0 spiro atoms. The molecule has 24 heavy (non-hydrogen) atoms. The molecule has 1 aromatic heterocycles. The Morgan fingerprint density at radius 2 is 2.25 bits per heavy atom. The van der Waals surface area contributed by atoms with Crippen molar-refractivity contribution >= 4 is 21.7 Å². The molecular weight excluding hydrogens is 341 g/mol. The van der Waals surface area contributed by atoms with Gasteiger partial charge in [0.15, 0.2) is 0 Å². The Morgan fingerprint density at radius 3 is 2.92 bits per heavy atom. The second kappa shape index (κ2) is 6.21. The van der Waals surface area contributed by atoms with Gasteiger partial charge < -0.3 is 9.84 Å². The van der Waals surface area contributed by atoms with Crippen molar-refractivity contribution in [1.82, 2.24) is 9.78 Å². The number of rotatable bonds is 5. The molecule has 1 unspecified atom stereocenters. The van der Waals surface area contributed by atoms with E-state index in [9.17, 15) is 17.6 Å². The van der Waals surface area contributed by atoms with Crippen LogP contribution in [0.3, 0.4) is 0 Å². The minimum atomic E-state index is -3.97. The molecule has 0 radical (unpaired) electrons. The molecule has 128 valence electrons. The molecule has 1 aliphatic rings. The molecule has 2 N–H and O–H groups in total. The third-order valence-corrected chi connectivity index (χ3v) is 4.95. The zero-order chi connectivity index (χ0) is 17.3. The molecule has 10 heteroatoms. The molecule has 1 aliphatic heterocycles. The lowest BCUT2D eigenvalue weighted by molar-refractivity contribution is 0.0692. The Kier molecular flexibility index (Phi) is 4.24. The van der Waals surface area contributed by atoms with Crippen molar-refractivity contribution in [2.45, 2.75) is 17.4 Å². The third kappa shape index (κ3) is 3.24. The maximum Gasteiger partial charge on any atom is 0.338 e. The number of aromatic carboxylic acids is 1. The van der Waals surface area contributed by atoms with Gasteiger partial charge in [0.25, 0.3) is 10.0 Å². The van der Waals surface area contributed by atoms with E-state index in [0.29, 0.717) is 13.2 Å². The zero-order valence-corrected chi connectivity index (χ0v) is 13.2. The molecule has 1 saturated heterocycles. The van der Waals surface area contributed by atoms with E-state index >= 15 is 0 Å². The maximum absolute atomic E-state index is 13.4. The van der Waals surface area contributed by atoms with Gasteiger partial charge in [0.05, 0.1) is 24.4 Å². The topological polar surface area (TPSA) is 111 Å². The van der Waals surface area contributed by atoms with Crippen molar-refractivity contribution in [1.29, 1.82) is 0 Å². The smallest absolute Gasteiger partial charge is 0.338 e. The van der Waals surface area contributed by atoms with Gasteiger partial charge in [-0.05, 0) is 24.6 Å². The molecule has 0 amide bonds. The first-order chi connectivity index (χ1) is 11.4. The van der Waals surface area contributed by atoms with Crippen LogP contribution in [0.2, 0.25) is 0 Å². The van der Waals surface area contributed by atoms with Gasteiger partial charge in [-0.15, -0.1) is 0 Å². The number of nitrogens with one attached hydrogen (secondary N) is 1. The molecule has 2 aromatic rings. The lowest BCUT2D eigenvalue weighted by Crippen LogP contribution is -2.14. The number of benzene rings is 1. The highest BCUT2D eigenvalue weighted by atomic mass is 32.2. The summed E-state index contributed by atoms with van der Waals surface area (Å²) in [6, 6.07) is 2.94. The highest BCUT2D eigenvalue weighted by Gasteiger charge is 2.23. The molecule has 1 atom stereocenters. The van der Waals surface area contributed by atoms with Crippen molar-refractivity contribution < 1.29 is 27.4 Å². The van der Waals surface area contributed by atoms with Crippen LogP contribution in [0.4, 0.5) is 10.1 Å². The van der Waals surface area contributed by atoms with E-state index in [2.05, 4.69) is 9.82 Å². The van der Waals surface area contributed by atoms with Crippen molar-refractivity contribution in [3.63, 3.8) is 0 Å². The number of anilines is 1. The molecule has 8 nitrogen and oxygen atoms in total. The van der Waals surface area contributed by atoms with E-state index in [-0.39, 0.29) is 16.6 Å². The number of carbonyl (C=O) groups is 1. The number of hydrogen-bond acceptors (Lipinski definition) is 5. The van der Waals surface area contributed by atoms with Crippen LogP contribution in [0, 0.1) is 5.82 Å². The van der Waals surface area contributed by atoms with Gasteiger partial charge in [-0.2, -0.15) is 5.10 Å². The first-order valence-electron chi connectivity index (χ1n) is 7.04. The number of ether oxygens (including phenoxy) is 1. The van der Waals surface area contributed by atoms with Crippen LogP contribution in [-0.4, -0.2) is 42.5 Å². The van der Waals surface area contributed by atoms with E-state index in [4.69, 9.17) is 9.84 Å². The summed E-state index contributed by atoms with van der Waals surface area (Å²) >= 11 is 0. The Bertz CT molecular complexity index is 874. The van der Waals surface area contributed by atoms with Gasteiger partial charge in [-0.25, -0.2) is 17.6 Å². The average Bonchev–Trinajstić information content (AvgIpc) is 3.19. The van der Waals surface area contributed by atoms with Crippen molar-refractivity contribution in [2.24, 2.45) is 0 Å². The summed E-state index contributed by atoms with van der Waals surface area (Å²) in [5, 5.41) is 12.9. The Balaban J connectivity index is 1.84. The second-order valence-corrected chi connectivity index (χ2v) is 6.96. The van der Waals surface area contributed by atoms with E-state index in [0.717, 1.165) is 24.6 Å². The summed E-state index contributed by atoms with van der Waals surface area (Å²) in [6.45, 7) is 1.06. The highest BCUT2D eigenvalue weighted by molar-refractivity contribution is 7.92. The van der Waals surface area contributed by atoms with Gasteiger partial charge in [0.1, 0.15) is 10.7 Å². The molecule has 1 fully saturated rings. The molecule has 2 heterocycles.